The zero-order valence-electron chi connectivity index (χ0n) is 13.8. The third-order valence-electron chi connectivity index (χ3n) is 2.61. The molecule has 0 aliphatic carbocycles. The van der Waals surface area contributed by atoms with Gasteiger partial charge in [0.15, 0.2) is 0 Å². The Morgan fingerprint density at radius 2 is 1.96 bits per heavy atom. The molecule has 24 heavy (non-hydrogen) atoms. The van der Waals surface area contributed by atoms with E-state index < -0.39 is 30.3 Å². The van der Waals surface area contributed by atoms with Crippen molar-refractivity contribution in [2.45, 2.75) is 45.4 Å². The Morgan fingerprint density at radius 3 is 2.42 bits per heavy atom. The summed E-state index contributed by atoms with van der Waals surface area (Å²) >= 11 is 0. The lowest BCUT2D eigenvalue weighted by atomic mass is 10.1. The van der Waals surface area contributed by atoms with Gasteiger partial charge in [-0.25, -0.2) is 9.59 Å². The Hall–Kier alpha value is -2.45. The van der Waals surface area contributed by atoms with Crippen molar-refractivity contribution in [1.29, 1.82) is 0 Å². The number of hydrogen-bond donors (Lipinski definition) is 1. The van der Waals surface area contributed by atoms with Crippen molar-refractivity contribution < 1.29 is 32.6 Å². The largest absolute Gasteiger partial charge is 0.467 e. The van der Waals surface area contributed by atoms with Crippen molar-refractivity contribution in [2.75, 3.05) is 7.11 Å². The average molecular weight is 346 g/mol. The molecule has 0 unspecified atom stereocenters. The fraction of sp³-hybridized carbons (Fsp3) is 0.533. The molecule has 1 amide bonds. The van der Waals surface area contributed by atoms with Crippen LogP contribution in [0.25, 0.3) is 0 Å². The van der Waals surface area contributed by atoms with Crippen LogP contribution in [0, 0.1) is 0 Å². The molecule has 0 bridgehead atoms. The first kappa shape index (κ1) is 19.6. The van der Waals surface area contributed by atoms with Crippen LogP contribution in [0.5, 0.6) is 5.75 Å². The maximum Gasteiger partial charge on any atom is 0.408 e. The van der Waals surface area contributed by atoms with Crippen molar-refractivity contribution in [3.8, 4) is 5.75 Å². The molecule has 1 aromatic heterocycles. The van der Waals surface area contributed by atoms with Crippen molar-refractivity contribution in [3.05, 3.63) is 24.0 Å². The Kier molecular flexibility index (Phi) is 6.87. The average Bonchev–Trinajstić information content (AvgIpc) is 2.45. The molecule has 1 heterocycles. The summed E-state index contributed by atoms with van der Waals surface area (Å²) < 4.78 is 38.1. The SMILES string of the molecule is COC(=O)[C@H](Cc1ccc(OC(F)F)cn1)NC(=O)OC(C)(C)C. The summed E-state index contributed by atoms with van der Waals surface area (Å²) in [5.41, 5.74) is -0.347. The summed E-state index contributed by atoms with van der Waals surface area (Å²) in [5, 5.41) is 2.39. The van der Waals surface area contributed by atoms with Gasteiger partial charge < -0.3 is 19.5 Å². The zero-order chi connectivity index (χ0) is 18.3. The van der Waals surface area contributed by atoms with E-state index in [0.717, 1.165) is 6.20 Å². The molecule has 0 aromatic carbocycles. The van der Waals surface area contributed by atoms with Gasteiger partial charge in [0.25, 0.3) is 0 Å². The summed E-state index contributed by atoms with van der Waals surface area (Å²) in [5.74, 6) is -0.793. The highest BCUT2D eigenvalue weighted by atomic mass is 19.3. The van der Waals surface area contributed by atoms with Gasteiger partial charge in [-0.1, -0.05) is 0 Å². The second kappa shape index (κ2) is 8.42. The van der Waals surface area contributed by atoms with Gasteiger partial charge in [-0.15, -0.1) is 0 Å². The van der Waals surface area contributed by atoms with Crippen LogP contribution >= 0.6 is 0 Å². The number of carbonyl (C=O) groups excluding carboxylic acids is 2. The van der Waals surface area contributed by atoms with Crippen LogP contribution in [0.4, 0.5) is 13.6 Å². The van der Waals surface area contributed by atoms with E-state index in [1.807, 2.05) is 0 Å². The maximum absolute atomic E-state index is 12.1. The second-order valence-electron chi connectivity index (χ2n) is 5.79. The molecule has 0 saturated heterocycles. The molecule has 1 aromatic rings. The minimum atomic E-state index is -2.95. The van der Waals surface area contributed by atoms with E-state index in [2.05, 4.69) is 19.8 Å². The van der Waals surface area contributed by atoms with Crippen LogP contribution in [0.3, 0.4) is 0 Å². The van der Waals surface area contributed by atoms with E-state index in [9.17, 15) is 18.4 Å². The van der Waals surface area contributed by atoms with Crippen LogP contribution in [0.15, 0.2) is 18.3 Å². The lowest BCUT2D eigenvalue weighted by Gasteiger charge is -2.22. The zero-order valence-corrected chi connectivity index (χ0v) is 13.8. The number of alkyl halides is 2. The number of nitrogens with one attached hydrogen (secondary N) is 1. The van der Waals surface area contributed by atoms with E-state index in [0.29, 0.717) is 5.69 Å². The Balaban J connectivity index is 2.75. The first-order chi connectivity index (χ1) is 11.1. The smallest absolute Gasteiger partial charge is 0.408 e. The molecule has 0 aliphatic heterocycles. The monoisotopic (exact) mass is 346 g/mol. The molecule has 0 aliphatic rings. The fourth-order valence-corrected chi connectivity index (χ4v) is 1.70. The minimum Gasteiger partial charge on any atom is -0.467 e. The molecule has 134 valence electrons. The number of methoxy groups -OCH3 is 1. The number of halogens is 2. The van der Waals surface area contributed by atoms with Gasteiger partial charge in [-0.3, -0.25) is 4.98 Å². The number of aromatic nitrogens is 1. The third kappa shape index (κ3) is 7.21. The van der Waals surface area contributed by atoms with Gasteiger partial charge >= 0.3 is 18.7 Å². The fourth-order valence-electron chi connectivity index (χ4n) is 1.70. The molecular formula is C15H20F2N2O5. The highest BCUT2D eigenvalue weighted by Gasteiger charge is 2.25. The van der Waals surface area contributed by atoms with E-state index >= 15 is 0 Å². The number of ether oxygens (including phenoxy) is 3. The Bertz CT molecular complexity index is 558. The molecule has 1 rings (SSSR count). The number of carbonyl (C=O) groups is 2. The predicted octanol–water partition coefficient (Wildman–Crippen LogP) is 2.29. The topological polar surface area (TPSA) is 86.8 Å². The van der Waals surface area contributed by atoms with Gasteiger partial charge in [-0.05, 0) is 32.9 Å². The third-order valence-corrected chi connectivity index (χ3v) is 2.61. The number of rotatable bonds is 6. The van der Waals surface area contributed by atoms with Gasteiger partial charge in [-0.2, -0.15) is 8.78 Å². The lowest BCUT2D eigenvalue weighted by molar-refractivity contribution is -0.143. The van der Waals surface area contributed by atoms with E-state index in [-0.39, 0.29) is 12.2 Å². The first-order valence-corrected chi connectivity index (χ1v) is 7.08. The Morgan fingerprint density at radius 1 is 1.29 bits per heavy atom. The van der Waals surface area contributed by atoms with Crippen molar-refractivity contribution in [3.63, 3.8) is 0 Å². The van der Waals surface area contributed by atoms with Crippen molar-refractivity contribution in [1.82, 2.24) is 10.3 Å². The predicted molar refractivity (Wildman–Crippen MR) is 79.7 cm³/mol. The highest BCUT2D eigenvalue weighted by molar-refractivity contribution is 5.81. The van der Waals surface area contributed by atoms with Gasteiger partial charge in [0.1, 0.15) is 17.4 Å². The molecule has 0 spiro atoms. The Labute approximate surface area is 138 Å². The summed E-state index contributed by atoms with van der Waals surface area (Å²) in [7, 11) is 1.18. The van der Waals surface area contributed by atoms with Crippen molar-refractivity contribution >= 4 is 12.1 Å². The molecular weight excluding hydrogens is 326 g/mol. The number of hydrogen-bond acceptors (Lipinski definition) is 6. The highest BCUT2D eigenvalue weighted by Crippen LogP contribution is 2.14. The summed E-state index contributed by atoms with van der Waals surface area (Å²) in [6.45, 7) is 2.10. The minimum absolute atomic E-state index is 0.000868. The normalized spacial score (nSPS) is 12.5. The molecule has 7 nitrogen and oxygen atoms in total. The summed E-state index contributed by atoms with van der Waals surface area (Å²) in [4.78, 5) is 27.5. The lowest BCUT2D eigenvalue weighted by Crippen LogP contribution is -2.45. The van der Waals surface area contributed by atoms with Gasteiger partial charge in [0.2, 0.25) is 0 Å². The van der Waals surface area contributed by atoms with Crippen LogP contribution in [-0.2, 0) is 20.7 Å². The number of amides is 1. The van der Waals surface area contributed by atoms with E-state index in [4.69, 9.17) is 4.74 Å². The first-order valence-electron chi connectivity index (χ1n) is 7.08. The molecule has 1 atom stereocenters. The summed E-state index contributed by atoms with van der Waals surface area (Å²) in [6, 6.07) is 1.67. The van der Waals surface area contributed by atoms with Crippen LogP contribution in [0.1, 0.15) is 26.5 Å². The van der Waals surface area contributed by atoms with Gasteiger partial charge in [0, 0.05) is 12.1 Å². The second-order valence-corrected chi connectivity index (χ2v) is 5.79. The van der Waals surface area contributed by atoms with Crippen LogP contribution < -0.4 is 10.1 Å². The van der Waals surface area contributed by atoms with Crippen LogP contribution in [0.2, 0.25) is 0 Å². The molecule has 0 radical (unpaired) electrons. The number of alkyl carbamates (subject to hydrolysis) is 1. The number of pyridine rings is 1. The van der Waals surface area contributed by atoms with Gasteiger partial charge in [0.05, 0.1) is 13.3 Å². The van der Waals surface area contributed by atoms with E-state index in [1.165, 1.54) is 19.2 Å². The standard InChI is InChI=1S/C15H20F2N2O5/c1-15(2,3)24-14(21)19-11(12(20)22-4)7-9-5-6-10(8-18-9)23-13(16)17/h5-6,8,11,13H,7H2,1-4H3,(H,19,21)/t11-/m0/s1. The quantitative estimate of drug-likeness (QED) is 0.796. The van der Waals surface area contributed by atoms with Crippen molar-refractivity contribution in [2.24, 2.45) is 0 Å². The number of nitrogens with zero attached hydrogens (tertiary/aromatic N) is 1. The maximum atomic E-state index is 12.1. The molecule has 1 N–H and O–H groups in total. The number of esters is 1. The van der Waals surface area contributed by atoms with Crippen LogP contribution in [-0.4, -0.2) is 42.4 Å². The summed E-state index contributed by atoms with van der Waals surface area (Å²) in [6.07, 6.45) is 0.319. The molecule has 9 heteroatoms. The van der Waals surface area contributed by atoms with E-state index in [1.54, 1.807) is 20.8 Å². The molecule has 0 fully saturated rings. The molecule has 0 saturated carbocycles.